The summed E-state index contributed by atoms with van der Waals surface area (Å²) in [5.41, 5.74) is 3.27. The molecule has 0 fully saturated rings. The lowest BCUT2D eigenvalue weighted by Crippen LogP contribution is -2.19. The predicted octanol–water partition coefficient (Wildman–Crippen LogP) is 5.52. The van der Waals surface area contributed by atoms with Gasteiger partial charge in [-0.2, -0.15) is 5.10 Å². The first kappa shape index (κ1) is 18.4. The van der Waals surface area contributed by atoms with Gasteiger partial charge in [-0.15, -0.1) is 0 Å². The quantitative estimate of drug-likeness (QED) is 0.568. The molecule has 2 aromatic carbocycles. The molecule has 0 aliphatic carbocycles. The van der Waals surface area contributed by atoms with Crippen molar-refractivity contribution in [3.8, 4) is 0 Å². The molecule has 0 bridgehead atoms. The highest BCUT2D eigenvalue weighted by Gasteiger charge is 2.05. The predicted molar refractivity (Wildman–Crippen MR) is 113 cm³/mol. The number of nitrogens with one attached hydrogen (secondary N) is 2. The van der Waals surface area contributed by atoms with Gasteiger partial charge in [0.05, 0.1) is 6.54 Å². The van der Waals surface area contributed by atoms with Gasteiger partial charge in [-0.05, 0) is 47.5 Å². The third-order valence-electron chi connectivity index (χ3n) is 4.01. The normalized spacial score (nSPS) is 10.8. The van der Waals surface area contributed by atoms with E-state index in [0.717, 1.165) is 16.3 Å². The summed E-state index contributed by atoms with van der Waals surface area (Å²) >= 11 is 11.6. The van der Waals surface area contributed by atoms with Crippen molar-refractivity contribution in [3.63, 3.8) is 0 Å². The average molecular weight is 385 g/mol. The molecule has 0 spiro atoms. The van der Waals surface area contributed by atoms with Crippen molar-refractivity contribution in [3.05, 3.63) is 76.9 Å². The van der Waals surface area contributed by atoms with Crippen LogP contribution in [-0.4, -0.2) is 14.9 Å². The second-order valence-electron chi connectivity index (χ2n) is 6.35. The molecule has 1 heterocycles. The number of thiocarbonyl (C=S) groups is 1. The van der Waals surface area contributed by atoms with E-state index >= 15 is 0 Å². The molecule has 0 aliphatic rings. The number of hydrogen-bond acceptors (Lipinski definition) is 2. The zero-order chi connectivity index (χ0) is 18.5. The lowest BCUT2D eigenvalue weighted by atomic mass is 10.0. The third kappa shape index (κ3) is 4.84. The SMILES string of the molecule is CC(C)c1ccc(NC(=S)Nc2ccn(Cc3ccccc3Cl)n2)cc1. The molecule has 0 radical (unpaired) electrons. The Labute approximate surface area is 164 Å². The van der Waals surface area contributed by atoms with Crippen molar-refractivity contribution in [1.29, 1.82) is 0 Å². The van der Waals surface area contributed by atoms with Crippen LogP contribution in [0.1, 0.15) is 30.9 Å². The van der Waals surface area contributed by atoms with E-state index in [1.165, 1.54) is 5.56 Å². The lowest BCUT2D eigenvalue weighted by molar-refractivity contribution is 0.690. The maximum absolute atomic E-state index is 6.20. The fourth-order valence-electron chi connectivity index (χ4n) is 2.55. The van der Waals surface area contributed by atoms with E-state index in [4.69, 9.17) is 23.8 Å². The van der Waals surface area contributed by atoms with Crippen molar-refractivity contribution in [2.75, 3.05) is 10.6 Å². The fraction of sp³-hybridized carbons (Fsp3) is 0.200. The molecule has 134 valence electrons. The zero-order valence-electron chi connectivity index (χ0n) is 14.7. The number of halogens is 1. The Morgan fingerprint density at radius 3 is 2.50 bits per heavy atom. The largest absolute Gasteiger partial charge is 0.332 e. The van der Waals surface area contributed by atoms with Gasteiger partial charge in [0, 0.05) is 23.0 Å². The van der Waals surface area contributed by atoms with Crippen LogP contribution in [0.5, 0.6) is 0 Å². The molecule has 0 aliphatic heterocycles. The van der Waals surface area contributed by atoms with Crippen LogP contribution in [0.4, 0.5) is 11.5 Å². The molecule has 1 aromatic heterocycles. The summed E-state index contributed by atoms with van der Waals surface area (Å²) in [6.07, 6.45) is 1.89. The Morgan fingerprint density at radius 1 is 1.08 bits per heavy atom. The van der Waals surface area contributed by atoms with Crippen LogP contribution in [0, 0.1) is 0 Å². The number of anilines is 2. The summed E-state index contributed by atoms with van der Waals surface area (Å²) in [6, 6.07) is 17.9. The molecular formula is C20H21ClN4S. The second kappa shape index (κ2) is 8.34. The molecule has 3 rings (SSSR count). The summed E-state index contributed by atoms with van der Waals surface area (Å²) in [5, 5.41) is 12.0. The molecule has 26 heavy (non-hydrogen) atoms. The van der Waals surface area contributed by atoms with E-state index in [0.29, 0.717) is 23.4 Å². The van der Waals surface area contributed by atoms with Crippen LogP contribution in [-0.2, 0) is 6.54 Å². The van der Waals surface area contributed by atoms with Crippen LogP contribution in [0.3, 0.4) is 0 Å². The number of nitrogens with zero attached hydrogens (tertiary/aromatic N) is 2. The first-order valence-electron chi connectivity index (χ1n) is 8.46. The van der Waals surface area contributed by atoms with Crippen molar-refractivity contribution >= 4 is 40.4 Å². The molecule has 0 saturated heterocycles. The van der Waals surface area contributed by atoms with Gasteiger partial charge in [0.1, 0.15) is 0 Å². The Hall–Kier alpha value is -2.37. The van der Waals surface area contributed by atoms with Crippen LogP contribution < -0.4 is 10.6 Å². The van der Waals surface area contributed by atoms with E-state index in [1.54, 1.807) is 0 Å². The summed E-state index contributed by atoms with van der Waals surface area (Å²) in [4.78, 5) is 0. The Morgan fingerprint density at radius 2 is 1.81 bits per heavy atom. The summed E-state index contributed by atoms with van der Waals surface area (Å²) < 4.78 is 1.82. The van der Waals surface area contributed by atoms with Crippen LogP contribution in [0.25, 0.3) is 0 Å². The van der Waals surface area contributed by atoms with E-state index in [1.807, 2.05) is 53.3 Å². The minimum absolute atomic E-state index is 0.505. The number of rotatable bonds is 5. The first-order chi connectivity index (χ1) is 12.5. The first-order valence-corrected chi connectivity index (χ1v) is 9.25. The highest BCUT2D eigenvalue weighted by Crippen LogP contribution is 2.18. The zero-order valence-corrected chi connectivity index (χ0v) is 16.3. The van der Waals surface area contributed by atoms with E-state index in [2.05, 4.69) is 41.7 Å². The summed E-state index contributed by atoms with van der Waals surface area (Å²) in [6.45, 7) is 4.96. The number of hydrogen-bond donors (Lipinski definition) is 2. The maximum atomic E-state index is 6.20. The smallest absolute Gasteiger partial charge is 0.176 e. The topological polar surface area (TPSA) is 41.9 Å². The van der Waals surface area contributed by atoms with Gasteiger partial charge in [-0.25, -0.2) is 0 Å². The lowest BCUT2D eigenvalue weighted by Gasteiger charge is -2.10. The third-order valence-corrected chi connectivity index (χ3v) is 4.58. The van der Waals surface area contributed by atoms with Crippen molar-refractivity contribution in [1.82, 2.24) is 9.78 Å². The molecule has 2 N–H and O–H groups in total. The van der Waals surface area contributed by atoms with Gasteiger partial charge in [0.15, 0.2) is 10.9 Å². The second-order valence-corrected chi connectivity index (χ2v) is 7.16. The van der Waals surface area contributed by atoms with Crippen molar-refractivity contribution in [2.45, 2.75) is 26.3 Å². The van der Waals surface area contributed by atoms with E-state index in [9.17, 15) is 0 Å². The van der Waals surface area contributed by atoms with E-state index in [-0.39, 0.29) is 0 Å². The highest BCUT2D eigenvalue weighted by atomic mass is 35.5. The average Bonchev–Trinajstić information content (AvgIpc) is 3.04. The molecule has 0 saturated carbocycles. The highest BCUT2D eigenvalue weighted by molar-refractivity contribution is 7.80. The fourth-order valence-corrected chi connectivity index (χ4v) is 2.97. The van der Waals surface area contributed by atoms with Crippen LogP contribution in [0.2, 0.25) is 5.02 Å². The maximum Gasteiger partial charge on any atom is 0.176 e. The van der Waals surface area contributed by atoms with Crippen LogP contribution in [0.15, 0.2) is 60.8 Å². The minimum atomic E-state index is 0.505. The number of benzene rings is 2. The van der Waals surface area contributed by atoms with Crippen LogP contribution >= 0.6 is 23.8 Å². The Balaban J connectivity index is 1.58. The van der Waals surface area contributed by atoms with Gasteiger partial charge in [-0.1, -0.05) is 55.8 Å². The number of aromatic nitrogens is 2. The van der Waals surface area contributed by atoms with Crippen molar-refractivity contribution in [2.24, 2.45) is 0 Å². The molecule has 0 atom stereocenters. The molecular weight excluding hydrogens is 364 g/mol. The standard InChI is InChI=1S/C20H21ClN4S/c1-14(2)15-7-9-17(10-8-15)22-20(26)23-19-11-12-25(24-19)13-16-5-3-4-6-18(16)21/h3-12,14H,13H2,1-2H3,(H2,22,23,24,26). The minimum Gasteiger partial charge on any atom is -0.332 e. The molecule has 6 heteroatoms. The Bertz CT molecular complexity index is 887. The van der Waals surface area contributed by atoms with Gasteiger partial charge in [0.2, 0.25) is 0 Å². The van der Waals surface area contributed by atoms with E-state index < -0.39 is 0 Å². The van der Waals surface area contributed by atoms with Gasteiger partial charge >= 0.3 is 0 Å². The summed E-state index contributed by atoms with van der Waals surface area (Å²) in [7, 11) is 0. The monoisotopic (exact) mass is 384 g/mol. The molecule has 0 unspecified atom stereocenters. The molecule has 3 aromatic rings. The van der Waals surface area contributed by atoms with Gasteiger partial charge in [-0.3, -0.25) is 4.68 Å². The summed E-state index contributed by atoms with van der Waals surface area (Å²) in [5.74, 6) is 1.20. The Kier molecular flexibility index (Phi) is 5.91. The van der Waals surface area contributed by atoms with Crippen molar-refractivity contribution < 1.29 is 0 Å². The molecule has 4 nitrogen and oxygen atoms in total. The molecule has 0 amide bonds. The van der Waals surface area contributed by atoms with Gasteiger partial charge < -0.3 is 10.6 Å². The van der Waals surface area contributed by atoms with Gasteiger partial charge in [0.25, 0.3) is 0 Å².